The summed E-state index contributed by atoms with van der Waals surface area (Å²) in [5.41, 5.74) is 6.23. The van der Waals surface area contributed by atoms with Gasteiger partial charge in [-0.15, -0.1) is 0 Å². The molecular formula is C14H18Se2. The fourth-order valence-corrected chi connectivity index (χ4v) is 7.71. The standard InChI is InChI=1S/C14H18Se2/c1-7-9(3)13(15-11(7)5)14-10(4)8(2)12(6)16-14/h1-6H3. The molecule has 0 unspecified atom stereocenters. The van der Waals surface area contributed by atoms with Crippen molar-refractivity contribution < 1.29 is 0 Å². The summed E-state index contributed by atoms with van der Waals surface area (Å²) < 4.78 is 6.63. The Labute approximate surface area is 110 Å². The van der Waals surface area contributed by atoms with Gasteiger partial charge in [0, 0.05) is 0 Å². The van der Waals surface area contributed by atoms with Crippen molar-refractivity contribution in [3.63, 3.8) is 0 Å². The second-order valence-electron chi connectivity index (χ2n) is 4.47. The van der Waals surface area contributed by atoms with Crippen LogP contribution in [0.15, 0.2) is 0 Å². The van der Waals surface area contributed by atoms with Crippen molar-refractivity contribution in [2.24, 2.45) is 0 Å². The monoisotopic (exact) mass is 346 g/mol. The van der Waals surface area contributed by atoms with Crippen LogP contribution in [0.4, 0.5) is 0 Å². The van der Waals surface area contributed by atoms with E-state index in [1.807, 2.05) is 0 Å². The zero-order chi connectivity index (χ0) is 12.0. The molecule has 2 heteroatoms. The van der Waals surface area contributed by atoms with Gasteiger partial charge >= 0.3 is 111 Å². The fourth-order valence-electron chi connectivity index (χ4n) is 1.91. The van der Waals surface area contributed by atoms with Crippen molar-refractivity contribution in [3.8, 4) is 8.87 Å². The number of aryl methyl sites for hydroxylation is 2. The molecule has 0 amide bonds. The molecule has 86 valence electrons. The number of hydrogen-bond acceptors (Lipinski definition) is 0. The quantitative estimate of drug-likeness (QED) is 0.697. The molecule has 0 aromatic carbocycles. The summed E-state index contributed by atoms with van der Waals surface area (Å²) in [5.74, 6) is 0. The Morgan fingerprint density at radius 3 is 1.00 bits per heavy atom. The van der Waals surface area contributed by atoms with Gasteiger partial charge in [0.1, 0.15) is 0 Å². The van der Waals surface area contributed by atoms with Gasteiger partial charge in [-0.25, -0.2) is 0 Å². The molecule has 0 radical (unpaired) electrons. The van der Waals surface area contributed by atoms with E-state index in [2.05, 4.69) is 41.5 Å². The summed E-state index contributed by atoms with van der Waals surface area (Å²) in [6.07, 6.45) is 0. The van der Waals surface area contributed by atoms with Crippen LogP contribution < -0.4 is 0 Å². The van der Waals surface area contributed by atoms with E-state index in [0.717, 1.165) is 0 Å². The van der Waals surface area contributed by atoms with E-state index in [9.17, 15) is 0 Å². The Balaban J connectivity index is 2.68. The van der Waals surface area contributed by atoms with Crippen molar-refractivity contribution in [1.29, 1.82) is 0 Å². The Hall–Kier alpha value is -0.00104. The summed E-state index contributed by atoms with van der Waals surface area (Å²) in [5, 5.41) is 0. The second-order valence-corrected chi connectivity index (χ2v) is 9.61. The SMILES string of the molecule is Cc1[se]c(-c2[se]c(C)c(C)c2C)c(C)c1C. The number of rotatable bonds is 1. The maximum absolute atomic E-state index is 2.31. The summed E-state index contributed by atoms with van der Waals surface area (Å²) in [6.45, 7) is 13.8. The van der Waals surface area contributed by atoms with Crippen LogP contribution in [0.1, 0.15) is 31.1 Å². The molecular weight excluding hydrogens is 326 g/mol. The van der Waals surface area contributed by atoms with E-state index < -0.39 is 0 Å². The van der Waals surface area contributed by atoms with Crippen molar-refractivity contribution >= 4 is 29.0 Å². The van der Waals surface area contributed by atoms with Gasteiger partial charge in [0.2, 0.25) is 0 Å². The molecule has 0 aliphatic heterocycles. The molecule has 0 aliphatic rings. The second kappa shape index (κ2) is 4.35. The Kier molecular flexibility index (Phi) is 3.39. The van der Waals surface area contributed by atoms with E-state index in [0.29, 0.717) is 29.0 Å². The van der Waals surface area contributed by atoms with Crippen molar-refractivity contribution in [1.82, 2.24) is 0 Å². The average Bonchev–Trinajstić information content (AvgIpc) is 2.64. The third kappa shape index (κ3) is 1.83. The first-order chi connectivity index (χ1) is 7.43. The summed E-state index contributed by atoms with van der Waals surface area (Å²) in [4.78, 5) is 0. The first-order valence-electron chi connectivity index (χ1n) is 5.57. The summed E-state index contributed by atoms with van der Waals surface area (Å²) >= 11 is 1.19. The molecule has 2 aromatic heterocycles. The Morgan fingerprint density at radius 2 is 0.812 bits per heavy atom. The molecule has 0 aliphatic carbocycles. The van der Waals surface area contributed by atoms with Crippen molar-refractivity contribution in [2.45, 2.75) is 41.5 Å². The van der Waals surface area contributed by atoms with E-state index in [-0.39, 0.29) is 0 Å². The van der Waals surface area contributed by atoms with Gasteiger partial charge in [-0.2, -0.15) is 0 Å². The molecule has 2 heterocycles. The maximum atomic E-state index is 2.31. The van der Waals surface area contributed by atoms with Crippen LogP contribution in [0.25, 0.3) is 8.87 Å². The third-order valence-electron chi connectivity index (χ3n) is 3.58. The summed E-state index contributed by atoms with van der Waals surface area (Å²) in [7, 11) is 0. The minimum atomic E-state index is 0.595. The molecule has 2 rings (SSSR count). The van der Waals surface area contributed by atoms with Gasteiger partial charge in [0.15, 0.2) is 0 Å². The molecule has 0 nitrogen and oxygen atoms in total. The van der Waals surface area contributed by atoms with Crippen LogP contribution in [-0.2, 0) is 0 Å². The Morgan fingerprint density at radius 1 is 0.500 bits per heavy atom. The van der Waals surface area contributed by atoms with Gasteiger partial charge < -0.3 is 0 Å². The van der Waals surface area contributed by atoms with E-state index in [1.165, 1.54) is 0 Å². The van der Waals surface area contributed by atoms with Crippen molar-refractivity contribution in [3.05, 3.63) is 31.1 Å². The third-order valence-corrected chi connectivity index (χ3v) is 9.80. The predicted octanol–water partition coefficient (Wildman–Crippen LogP) is 3.32. The Bertz CT molecular complexity index is 491. The first kappa shape index (κ1) is 12.5. The van der Waals surface area contributed by atoms with Crippen LogP contribution in [0.5, 0.6) is 0 Å². The average molecular weight is 344 g/mol. The van der Waals surface area contributed by atoms with Crippen LogP contribution >= 0.6 is 0 Å². The molecule has 0 N–H and O–H groups in total. The zero-order valence-electron chi connectivity index (χ0n) is 10.8. The summed E-state index contributed by atoms with van der Waals surface area (Å²) in [6, 6.07) is 0. The van der Waals surface area contributed by atoms with Crippen molar-refractivity contribution in [2.75, 3.05) is 0 Å². The van der Waals surface area contributed by atoms with Gasteiger partial charge in [-0.1, -0.05) is 0 Å². The molecule has 16 heavy (non-hydrogen) atoms. The predicted molar refractivity (Wildman–Crippen MR) is 74.2 cm³/mol. The van der Waals surface area contributed by atoms with E-state index in [4.69, 9.17) is 0 Å². The van der Waals surface area contributed by atoms with Gasteiger partial charge in [0.25, 0.3) is 0 Å². The zero-order valence-corrected chi connectivity index (χ0v) is 14.2. The van der Waals surface area contributed by atoms with Crippen LogP contribution in [0, 0.1) is 41.5 Å². The fraction of sp³-hybridized carbons (Fsp3) is 0.429. The minimum absolute atomic E-state index is 0.595. The van der Waals surface area contributed by atoms with Gasteiger partial charge in [0.05, 0.1) is 0 Å². The number of hydrogen-bond donors (Lipinski definition) is 0. The van der Waals surface area contributed by atoms with Gasteiger partial charge in [-0.05, 0) is 0 Å². The van der Waals surface area contributed by atoms with Crippen LogP contribution in [0.3, 0.4) is 0 Å². The van der Waals surface area contributed by atoms with Gasteiger partial charge in [-0.3, -0.25) is 0 Å². The normalized spacial score (nSPS) is 11.1. The molecule has 0 bridgehead atoms. The molecule has 2 aromatic rings. The van der Waals surface area contributed by atoms with E-state index in [1.54, 1.807) is 40.0 Å². The van der Waals surface area contributed by atoms with E-state index >= 15 is 0 Å². The molecule has 0 fully saturated rings. The molecule has 0 spiro atoms. The first-order valence-corrected chi connectivity index (χ1v) is 8.99. The molecule has 0 saturated heterocycles. The molecule has 0 atom stereocenters. The van der Waals surface area contributed by atoms with Crippen LogP contribution in [-0.4, -0.2) is 29.0 Å². The van der Waals surface area contributed by atoms with Crippen LogP contribution in [0.2, 0.25) is 0 Å². The topological polar surface area (TPSA) is 0 Å². The molecule has 0 saturated carbocycles.